The predicted octanol–water partition coefficient (Wildman–Crippen LogP) is 1.15. The highest BCUT2D eigenvalue weighted by atomic mass is 16.5. The lowest BCUT2D eigenvalue weighted by atomic mass is 10.1. The summed E-state index contributed by atoms with van der Waals surface area (Å²) < 4.78 is 10.5. The number of amides is 1. The van der Waals surface area contributed by atoms with Crippen LogP contribution in [0.15, 0.2) is 10.5 Å². The van der Waals surface area contributed by atoms with Crippen LogP contribution in [0.5, 0.6) is 0 Å². The minimum absolute atomic E-state index is 0.172. The van der Waals surface area contributed by atoms with Crippen molar-refractivity contribution >= 4 is 5.91 Å². The number of carbonyl (C=O) groups is 1. The van der Waals surface area contributed by atoms with Gasteiger partial charge in [0.1, 0.15) is 11.9 Å². The minimum Gasteiger partial charge on any atom is -0.453 e. The van der Waals surface area contributed by atoms with Gasteiger partial charge in [-0.1, -0.05) is 6.92 Å². The quantitative estimate of drug-likeness (QED) is 0.446. The number of nitrogens with one attached hydrogen (secondary N) is 1. The zero-order chi connectivity index (χ0) is 11.4. The number of ether oxygens (including phenoxy) is 1. The van der Waals surface area contributed by atoms with Crippen molar-refractivity contribution in [1.82, 2.24) is 5.43 Å². The van der Waals surface area contributed by atoms with Gasteiger partial charge in [0.2, 0.25) is 0 Å². The summed E-state index contributed by atoms with van der Waals surface area (Å²) in [6, 6.07) is 1.82. The van der Waals surface area contributed by atoms with Gasteiger partial charge in [0, 0.05) is 12.7 Å². The molecule has 0 fully saturated rings. The van der Waals surface area contributed by atoms with E-state index in [1.807, 2.05) is 19.9 Å². The third kappa shape index (κ3) is 2.37. The van der Waals surface area contributed by atoms with Gasteiger partial charge in [0.25, 0.3) is 0 Å². The van der Waals surface area contributed by atoms with E-state index in [4.69, 9.17) is 15.0 Å². The van der Waals surface area contributed by atoms with Crippen LogP contribution in [0, 0.1) is 0 Å². The smallest absolute Gasteiger partial charge is 0.301 e. The van der Waals surface area contributed by atoms with Gasteiger partial charge in [-0.25, -0.2) is 5.84 Å². The average Bonchev–Trinajstić information content (AvgIpc) is 2.70. The average molecular weight is 212 g/mol. The number of nitrogen functional groups attached to an aromatic ring is 1. The van der Waals surface area contributed by atoms with Crippen molar-refractivity contribution in [3.05, 3.63) is 23.2 Å². The van der Waals surface area contributed by atoms with Crippen molar-refractivity contribution in [2.45, 2.75) is 26.4 Å². The number of hydrogen-bond donors (Lipinski definition) is 2. The number of hydrazine groups is 1. The first-order chi connectivity index (χ1) is 7.13. The Kier molecular flexibility index (Phi) is 3.88. The van der Waals surface area contributed by atoms with Crippen LogP contribution in [0.4, 0.5) is 0 Å². The van der Waals surface area contributed by atoms with Crippen LogP contribution in [0.25, 0.3) is 0 Å². The molecule has 0 spiro atoms. The van der Waals surface area contributed by atoms with Gasteiger partial charge >= 0.3 is 5.91 Å². The molecule has 1 aromatic rings. The minimum atomic E-state index is -0.415. The Labute approximate surface area is 88.6 Å². The summed E-state index contributed by atoms with van der Waals surface area (Å²) >= 11 is 0. The first-order valence-electron chi connectivity index (χ1n) is 4.80. The highest BCUT2D eigenvalue weighted by molar-refractivity contribution is 5.92. The first-order valence-corrected chi connectivity index (χ1v) is 4.80. The molecule has 0 radical (unpaired) electrons. The molecular weight excluding hydrogens is 196 g/mol. The Morgan fingerprint density at radius 2 is 2.40 bits per heavy atom. The number of hydrogen-bond acceptors (Lipinski definition) is 4. The fourth-order valence-corrected chi connectivity index (χ4v) is 1.29. The fourth-order valence-electron chi connectivity index (χ4n) is 1.29. The first kappa shape index (κ1) is 11.7. The second kappa shape index (κ2) is 4.95. The molecule has 15 heavy (non-hydrogen) atoms. The third-order valence-corrected chi connectivity index (χ3v) is 2.30. The molecule has 5 heteroatoms. The Bertz CT molecular complexity index is 346. The Hall–Kier alpha value is -1.33. The number of furan rings is 1. The molecular formula is C10H16N2O3. The highest BCUT2D eigenvalue weighted by Gasteiger charge is 2.19. The molecule has 1 heterocycles. The van der Waals surface area contributed by atoms with Crippen molar-refractivity contribution in [3.63, 3.8) is 0 Å². The summed E-state index contributed by atoms with van der Waals surface area (Å²) in [6.07, 6.45) is 0.539. The summed E-state index contributed by atoms with van der Waals surface area (Å²) in [7, 11) is 1.58. The molecule has 1 unspecified atom stereocenters. The van der Waals surface area contributed by atoms with Crippen molar-refractivity contribution in [3.8, 4) is 0 Å². The molecule has 1 atom stereocenters. The fraction of sp³-hybridized carbons (Fsp3) is 0.500. The van der Waals surface area contributed by atoms with E-state index in [1.54, 1.807) is 7.11 Å². The summed E-state index contributed by atoms with van der Waals surface area (Å²) in [6.45, 7) is 3.79. The molecule has 0 bridgehead atoms. The molecule has 3 N–H and O–H groups in total. The van der Waals surface area contributed by atoms with Crippen LogP contribution in [-0.4, -0.2) is 13.0 Å². The number of rotatable bonds is 4. The van der Waals surface area contributed by atoms with Crippen LogP contribution >= 0.6 is 0 Å². The molecule has 0 aliphatic heterocycles. The molecule has 84 valence electrons. The van der Waals surface area contributed by atoms with E-state index in [1.165, 1.54) is 0 Å². The second-order valence-corrected chi connectivity index (χ2v) is 3.21. The maximum absolute atomic E-state index is 11.3. The summed E-state index contributed by atoms with van der Waals surface area (Å²) in [4.78, 5) is 11.3. The molecule has 0 aliphatic carbocycles. The van der Waals surface area contributed by atoms with Crippen molar-refractivity contribution in [2.24, 2.45) is 5.84 Å². The molecule has 0 aliphatic rings. The molecule has 1 rings (SSSR count). The Morgan fingerprint density at radius 1 is 1.73 bits per heavy atom. The molecule has 1 aromatic heterocycles. The zero-order valence-corrected chi connectivity index (χ0v) is 9.16. The van der Waals surface area contributed by atoms with Gasteiger partial charge in [-0.05, 0) is 19.4 Å². The summed E-state index contributed by atoms with van der Waals surface area (Å²) in [5.41, 5.74) is 2.88. The van der Waals surface area contributed by atoms with E-state index in [2.05, 4.69) is 5.43 Å². The monoisotopic (exact) mass is 212 g/mol. The van der Waals surface area contributed by atoms with E-state index in [9.17, 15) is 4.79 Å². The number of methoxy groups -OCH3 is 1. The van der Waals surface area contributed by atoms with Crippen molar-refractivity contribution in [2.75, 3.05) is 7.11 Å². The van der Waals surface area contributed by atoms with Gasteiger partial charge in [-0.15, -0.1) is 0 Å². The lowest BCUT2D eigenvalue weighted by molar-refractivity contribution is 0.0870. The summed E-state index contributed by atoms with van der Waals surface area (Å²) in [5.74, 6) is 5.53. The van der Waals surface area contributed by atoms with Gasteiger partial charge in [0.15, 0.2) is 5.76 Å². The number of nitrogens with two attached hydrogens (primary N) is 1. The maximum Gasteiger partial charge on any atom is 0.301 e. The SMILES string of the molecule is CCc1cc(C(C)OC)oc1C(=O)NN. The van der Waals surface area contributed by atoms with E-state index >= 15 is 0 Å². The van der Waals surface area contributed by atoms with E-state index in [-0.39, 0.29) is 11.9 Å². The van der Waals surface area contributed by atoms with Gasteiger partial charge in [0.05, 0.1) is 0 Å². The molecule has 5 nitrogen and oxygen atoms in total. The van der Waals surface area contributed by atoms with E-state index < -0.39 is 5.91 Å². The maximum atomic E-state index is 11.3. The van der Waals surface area contributed by atoms with E-state index in [0.29, 0.717) is 12.2 Å². The lowest BCUT2D eigenvalue weighted by Gasteiger charge is -2.04. The summed E-state index contributed by atoms with van der Waals surface area (Å²) in [5, 5.41) is 0. The predicted molar refractivity (Wildman–Crippen MR) is 55.2 cm³/mol. The third-order valence-electron chi connectivity index (χ3n) is 2.30. The molecule has 0 saturated heterocycles. The number of carbonyl (C=O) groups excluding carboxylic acids is 1. The van der Waals surface area contributed by atoms with Crippen molar-refractivity contribution in [1.29, 1.82) is 0 Å². The van der Waals surface area contributed by atoms with Crippen LogP contribution in [0.1, 0.15) is 41.8 Å². The number of aryl methyl sites for hydroxylation is 1. The second-order valence-electron chi connectivity index (χ2n) is 3.21. The van der Waals surface area contributed by atoms with Crippen LogP contribution in [-0.2, 0) is 11.2 Å². The highest BCUT2D eigenvalue weighted by Crippen LogP contribution is 2.23. The molecule has 1 amide bonds. The Morgan fingerprint density at radius 3 is 2.87 bits per heavy atom. The molecule has 0 saturated carbocycles. The van der Waals surface area contributed by atoms with Crippen molar-refractivity contribution < 1.29 is 13.9 Å². The topological polar surface area (TPSA) is 77.5 Å². The standard InChI is InChI=1S/C10H16N2O3/c1-4-7-5-8(6(2)14-3)15-9(7)10(13)12-11/h5-6H,4,11H2,1-3H3,(H,12,13). The normalized spacial score (nSPS) is 12.5. The lowest BCUT2D eigenvalue weighted by Crippen LogP contribution is -2.30. The van der Waals surface area contributed by atoms with E-state index in [0.717, 1.165) is 5.56 Å². The largest absolute Gasteiger partial charge is 0.453 e. The van der Waals surface area contributed by atoms with Gasteiger partial charge in [-0.3, -0.25) is 10.2 Å². The van der Waals surface area contributed by atoms with Gasteiger partial charge in [-0.2, -0.15) is 0 Å². The Balaban J connectivity index is 3.05. The van der Waals surface area contributed by atoms with Crippen LogP contribution in [0.3, 0.4) is 0 Å². The van der Waals surface area contributed by atoms with Crippen LogP contribution < -0.4 is 11.3 Å². The van der Waals surface area contributed by atoms with Crippen LogP contribution in [0.2, 0.25) is 0 Å². The molecule has 0 aromatic carbocycles. The van der Waals surface area contributed by atoms with Gasteiger partial charge < -0.3 is 9.15 Å². The zero-order valence-electron chi connectivity index (χ0n) is 9.16.